The zero-order valence-electron chi connectivity index (χ0n) is 19.0. The molecule has 2 N–H and O–H groups in total. The highest BCUT2D eigenvalue weighted by Crippen LogP contribution is 2.25. The second kappa shape index (κ2) is 6.41. The molecule has 1 unspecified atom stereocenters. The van der Waals surface area contributed by atoms with Gasteiger partial charge in [0.1, 0.15) is 18.5 Å². The van der Waals surface area contributed by atoms with Gasteiger partial charge in [-0.3, -0.25) is 0 Å². The van der Waals surface area contributed by atoms with Crippen LogP contribution in [0, 0.1) is 6.92 Å². The summed E-state index contributed by atoms with van der Waals surface area (Å²) >= 11 is 5.96. The van der Waals surface area contributed by atoms with Gasteiger partial charge in [-0.15, -0.1) is 0 Å². The minimum absolute atomic E-state index is 0.282. The average molecular weight is 281 g/mol. The standard InChI is InChI=1S/C14H22ClNO2/c1-10-5-6-12(15)13(7-10)18-9-11(17)8-16-14(2,3)4/h5-7,11,16-17H,8-9H2,1-4H3/i2D3,3D3,4D3. The summed E-state index contributed by atoms with van der Waals surface area (Å²) in [5, 5.41) is 12.4. The van der Waals surface area contributed by atoms with Crippen molar-refractivity contribution in [2.24, 2.45) is 0 Å². The lowest BCUT2D eigenvalue weighted by atomic mass is 10.1. The van der Waals surface area contributed by atoms with Gasteiger partial charge in [0.2, 0.25) is 0 Å². The summed E-state index contributed by atoms with van der Waals surface area (Å²) in [6.45, 7) is -9.33. The smallest absolute Gasteiger partial charge is 0.138 e. The molecule has 3 nitrogen and oxygen atoms in total. The van der Waals surface area contributed by atoms with E-state index in [1.165, 1.54) is 0 Å². The zero-order chi connectivity index (χ0) is 21.3. The molecule has 1 rings (SSSR count). The molecular weight excluding hydrogens is 250 g/mol. The molecule has 0 saturated carbocycles. The van der Waals surface area contributed by atoms with E-state index in [4.69, 9.17) is 28.7 Å². The SMILES string of the molecule is [2H]C([2H])([2H])C(NCC(O)COc1cc(C)ccc1Cl)(C([2H])([2H])[2H])C([2H])([2H])[2H]. The van der Waals surface area contributed by atoms with Crippen LogP contribution >= 0.6 is 11.6 Å². The van der Waals surface area contributed by atoms with Crippen molar-refractivity contribution < 1.29 is 22.2 Å². The summed E-state index contributed by atoms with van der Waals surface area (Å²) in [4.78, 5) is 0. The molecule has 0 aliphatic rings. The summed E-state index contributed by atoms with van der Waals surface area (Å²) < 4.78 is 72.9. The third kappa shape index (κ3) is 5.71. The van der Waals surface area contributed by atoms with E-state index in [1.54, 1.807) is 25.1 Å². The monoisotopic (exact) mass is 280 g/mol. The molecule has 1 aromatic carbocycles. The van der Waals surface area contributed by atoms with Crippen LogP contribution in [-0.2, 0) is 0 Å². The third-order valence-electron chi connectivity index (χ3n) is 2.12. The fourth-order valence-corrected chi connectivity index (χ4v) is 1.41. The number of halogens is 1. The quantitative estimate of drug-likeness (QED) is 0.871. The number of rotatable bonds is 5. The van der Waals surface area contributed by atoms with Crippen LogP contribution in [-0.4, -0.2) is 29.9 Å². The number of aliphatic hydroxyl groups excluding tert-OH is 1. The second-order valence-corrected chi connectivity index (χ2v) is 4.44. The first kappa shape index (κ1) is 6.60. The first-order chi connectivity index (χ1) is 12.0. The molecule has 0 bridgehead atoms. The Morgan fingerprint density at radius 2 is 2.22 bits per heavy atom. The zero-order valence-corrected chi connectivity index (χ0v) is 10.7. The number of ether oxygens (including phenoxy) is 1. The van der Waals surface area contributed by atoms with Crippen molar-refractivity contribution in [2.45, 2.75) is 39.1 Å². The molecule has 0 spiro atoms. The Balaban J connectivity index is 2.94. The lowest BCUT2D eigenvalue weighted by Crippen LogP contribution is -2.42. The molecule has 0 heterocycles. The van der Waals surface area contributed by atoms with Crippen LogP contribution in [0.4, 0.5) is 0 Å². The maximum atomic E-state index is 10.0. The molecule has 1 atom stereocenters. The van der Waals surface area contributed by atoms with Crippen LogP contribution in [0.15, 0.2) is 18.2 Å². The van der Waals surface area contributed by atoms with Crippen molar-refractivity contribution in [1.29, 1.82) is 0 Å². The normalized spacial score (nSPS) is 22.9. The summed E-state index contributed by atoms with van der Waals surface area (Å²) in [5.41, 5.74) is -2.34. The van der Waals surface area contributed by atoms with Gasteiger partial charge in [-0.25, -0.2) is 0 Å². The van der Waals surface area contributed by atoms with E-state index in [1.807, 2.05) is 0 Å². The van der Waals surface area contributed by atoms with Gasteiger partial charge in [0.05, 0.1) is 5.02 Å². The Labute approximate surface area is 127 Å². The Hall–Kier alpha value is -0.770. The van der Waals surface area contributed by atoms with Gasteiger partial charge in [0, 0.05) is 24.4 Å². The lowest BCUT2D eigenvalue weighted by Gasteiger charge is -2.23. The Kier molecular flexibility index (Phi) is 2.35. The van der Waals surface area contributed by atoms with E-state index in [2.05, 4.69) is 5.32 Å². The molecule has 0 aliphatic carbocycles. The predicted octanol–water partition coefficient (Wildman–Crippen LogP) is 2.78. The first-order valence-corrected chi connectivity index (χ1v) is 5.73. The topological polar surface area (TPSA) is 41.5 Å². The molecule has 0 aromatic heterocycles. The maximum Gasteiger partial charge on any atom is 0.138 e. The van der Waals surface area contributed by atoms with Crippen LogP contribution in [0.2, 0.25) is 5.02 Å². The van der Waals surface area contributed by atoms with Gasteiger partial charge in [0.25, 0.3) is 0 Å². The van der Waals surface area contributed by atoms with Crippen molar-refractivity contribution in [3.05, 3.63) is 28.8 Å². The van der Waals surface area contributed by atoms with E-state index in [-0.39, 0.29) is 12.4 Å². The molecular formula is C14H22ClNO2. The minimum atomic E-state index is -3.38. The number of aryl methyl sites for hydroxylation is 1. The van der Waals surface area contributed by atoms with E-state index >= 15 is 0 Å². The maximum absolute atomic E-state index is 10.0. The number of hydrogen-bond donors (Lipinski definition) is 2. The molecule has 18 heavy (non-hydrogen) atoms. The Morgan fingerprint density at radius 1 is 1.50 bits per heavy atom. The fraction of sp³-hybridized carbons (Fsp3) is 0.571. The molecule has 0 radical (unpaired) electrons. The average Bonchev–Trinajstić information content (AvgIpc) is 2.44. The number of nitrogens with one attached hydrogen (secondary N) is 1. The highest BCUT2D eigenvalue weighted by atomic mass is 35.5. The largest absolute Gasteiger partial charge is 0.489 e. The van der Waals surface area contributed by atoms with Crippen molar-refractivity contribution in [1.82, 2.24) is 5.32 Å². The number of benzene rings is 1. The third-order valence-corrected chi connectivity index (χ3v) is 2.43. The molecule has 0 amide bonds. The van der Waals surface area contributed by atoms with Crippen molar-refractivity contribution in [3.63, 3.8) is 0 Å². The van der Waals surface area contributed by atoms with Gasteiger partial charge < -0.3 is 15.2 Å². The van der Waals surface area contributed by atoms with Crippen molar-refractivity contribution >= 4 is 11.6 Å². The van der Waals surface area contributed by atoms with Crippen LogP contribution < -0.4 is 10.1 Å². The number of β-amino-alcohol motifs (C(OH)–C–C–N with tert-alkyl or cyclic N) is 1. The molecule has 102 valence electrons. The summed E-state index contributed by atoms with van der Waals surface area (Å²) in [5.74, 6) is 0.282. The van der Waals surface area contributed by atoms with E-state index in [0.717, 1.165) is 5.56 Å². The van der Waals surface area contributed by atoms with Crippen LogP contribution in [0.1, 0.15) is 38.5 Å². The predicted molar refractivity (Wildman–Crippen MR) is 75.4 cm³/mol. The highest BCUT2D eigenvalue weighted by molar-refractivity contribution is 6.32. The van der Waals surface area contributed by atoms with E-state index < -0.39 is 38.7 Å². The number of aliphatic hydroxyl groups is 1. The van der Waals surface area contributed by atoms with Crippen LogP contribution in [0.3, 0.4) is 0 Å². The fourth-order valence-electron chi connectivity index (χ4n) is 1.24. The second-order valence-electron chi connectivity index (χ2n) is 4.03. The van der Waals surface area contributed by atoms with Gasteiger partial charge in [-0.1, -0.05) is 17.7 Å². The Bertz CT molecular complexity index is 607. The Morgan fingerprint density at radius 3 is 2.89 bits per heavy atom. The first-order valence-electron chi connectivity index (χ1n) is 9.85. The summed E-state index contributed by atoms with van der Waals surface area (Å²) in [6.07, 6.45) is -1.38. The summed E-state index contributed by atoms with van der Waals surface area (Å²) in [7, 11) is 0. The van der Waals surface area contributed by atoms with Crippen molar-refractivity contribution in [3.8, 4) is 5.75 Å². The summed E-state index contributed by atoms with van der Waals surface area (Å²) in [6, 6.07) is 4.98. The van der Waals surface area contributed by atoms with Gasteiger partial charge in [0.15, 0.2) is 0 Å². The van der Waals surface area contributed by atoms with Crippen molar-refractivity contribution in [2.75, 3.05) is 13.2 Å². The lowest BCUT2D eigenvalue weighted by molar-refractivity contribution is 0.100. The van der Waals surface area contributed by atoms with Gasteiger partial charge >= 0.3 is 0 Å². The molecule has 1 aromatic rings. The molecule has 0 aliphatic heterocycles. The van der Waals surface area contributed by atoms with Gasteiger partial charge in [-0.05, 0) is 45.2 Å². The highest BCUT2D eigenvalue weighted by Gasteiger charge is 2.13. The van der Waals surface area contributed by atoms with Gasteiger partial charge in [-0.2, -0.15) is 0 Å². The minimum Gasteiger partial charge on any atom is -0.489 e. The number of hydrogen-bond acceptors (Lipinski definition) is 3. The molecule has 0 saturated heterocycles. The molecule has 0 fully saturated rings. The molecule has 4 heteroatoms. The van der Waals surface area contributed by atoms with E-state index in [9.17, 15) is 5.11 Å². The van der Waals surface area contributed by atoms with Crippen LogP contribution in [0.5, 0.6) is 5.75 Å². The van der Waals surface area contributed by atoms with E-state index in [0.29, 0.717) is 5.02 Å². The van der Waals surface area contributed by atoms with Crippen LogP contribution in [0.25, 0.3) is 0 Å².